The van der Waals surface area contributed by atoms with E-state index in [1.165, 1.54) is 55.0 Å². The number of ether oxygens (including phenoxy) is 3. The molecule has 0 radical (unpaired) electrons. The van der Waals surface area contributed by atoms with E-state index in [-0.39, 0.29) is 69.3 Å². The van der Waals surface area contributed by atoms with Crippen LogP contribution in [0, 0.1) is 12.8 Å². The number of amides is 2. The summed E-state index contributed by atoms with van der Waals surface area (Å²) in [6.07, 6.45) is 6.14. The Labute approximate surface area is 319 Å². The number of esters is 1. The minimum absolute atomic E-state index is 0. The fraction of sp³-hybridized carbons (Fsp3) is 0.306. The Bertz CT molecular complexity index is 2170. The van der Waals surface area contributed by atoms with E-state index in [4.69, 9.17) is 32.7 Å². The maximum absolute atomic E-state index is 13.6. The molecule has 0 saturated heterocycles. The lowest BCUT2D eigenvalue weighted by molar-refractivity contribution is -0.377. The van der Waals surface area contributed by atoms with Gasteiger partial charge in [0.1, 0.15) is 22.7 Å². The summed E-state index contributed by atoms with van der Waals surface area (Å²) < 4.78 is 69.6. The van der Waals surface area contributed by atoms with Gasteiger partial charge >= 0.3 is 12.6 Å². The number of hydrogen-bond donors (Lipinski definition) is 0. The molecule has 2 aromatic carbocycles. The van der Waals surface area contributed by atoms with Gasteiger partial charge in [0.05, 0.1) is 41.9 Å². The highest BCUT2D eigenvalue weighted by atomic mass is 35.5. The van der Waals surface area contributed by atoms with Crippen LogP contribution in [0.4, 0.5) is 14.5 Å². The molecule has 3 heterocycles. The van der Waals surface area contributed by atoms with Gasteiger partial charge in [0.15, 0.2) is 23.9 Å². The lowest BCUT2D eigenvalue weighted by atomic mass is 10.0. The van der Waals surface area contributed by atoms with E-state index < -0.39 is 47.1 Å². The topological polar surface area (TPSA) is 177 Å². The van der Waals surface area contributed by atoms with Crippen LogP contribution in [-0.4, -0.2) is 67.6 Å². The third-order valence-electron chi connectivity index (χ3n) is 8.73. The maximum atomic E-state index is 13.6. The van der Waals surface area contributed by atoms with E-state index in [1.54, 1.807) is 19.1 Å². The number of H-pyrrole nitrogens is 1. The Hall–Kier alpha value is -4.90. The summed E-state index contributed by atoms with van der Waals surface area (Å²) in [6, 6.07) is 11.6. The fourth-order valence-electron chi connectivity index (χ4n) is 5.73. The quantitative estimate of drug-likeness (QED) is 0.105. The van der Waals surface area contributed by atoms with Crippen LogP contribution < -0.4 is 18.8 Å². The van der Waals surface area contributed by atoms with Gasteiger partial charge in [-0.1, -0.05) is 35.3 Å². The minimum Gasteiger partial charge on any atom is -0.870 e. The van der Waals surface area contributed by atoms with Crippen LogP contribution in [0.3, 0.4) is 0 Å². The first-order valence-corrected chi connectivity index (χ1v) is 18.9. The number of halogens is 4. The molecule has 1 atom stereocenters. The van der Waals surface area contributed by atoms with E-state index in [9.17, 15) is 31.6 Å². The number of nitrogens with one attached hydrogen (secondary N) is 1. The predicted molar refractivity (Wildman–Crippen MR) is 191 cm³/mol. The summed E-state index contributed by atoms with van der Waals surface area (Å²) in [5.41, 5.74) is 1.94. The predicted octanol–water partition coefficient (Wildman–Crippen LogP) is 5.81. The van der Waals surface area contributed by atoms with Gasteiger partial charge in [-0.15, -0.1) is 0 Å². The number of rotatable bonds is 15. The molecule has 1 fully saturated rings. The van der Waals surface area contributed by atoms with Crippen molar-refractivity contribution >= 4 is 56.7 Å². The number of anilines is 1. The van der Waals surface area contributed by atoms with Gasteiger partial charge in [-0.2, -0.15) is 8.78 Å². The molecular formula is C36H34Cl2F2N4O9S. The highest BCUT2D eigenvalue weighted by molar-refractivity contribution is 7.92. The molecule has 2 N–H and O–H groups in total. The first kappa shape index (κ1) is 40.3. The standard InChI is InChI=1S/C36H32Cl2F2N4O8S.H2O/c1-20-4-3-11-42-29(20)17-44(53(2,48)49)23-8-9-24-25(13-23)35(47)43(34(24)46)18-33(45)51-31(14-26-27(37)15-41-16-28(26)38)22-7-10-30(52-36(39)40)32(12-22)50-19-21-5-6-21;/h3-4,7-13,15-16,21,31,36H,5-6,14,17-19H2,1-2H3;1H2/t31-;/m0./s1. The zero-order chi connectivity index (χ0) is 38.0. The minimum atomic E-state index is -3.87. The highest BCUT2D eigenvalue weighted by Crippen LogP contribution is 2.38. The summed E-state index contributed by atoms with van der Waals surface area (Å²) in [5.74, 6) is -2.54. The van der Waals surface area contributed by atoms with E-state index in [0.717, 1.165) is 29.0 Å². The van der Waals surface area contributed by atoms with Crippen molar-refractivity contribution < 1.29 is 56.3 Å². The third-order valence-corrected chi connectivity index (χ3v) is 10.5. The molecule has 286 valence electrons. The molecular weight excluding hydrogens is 773 g/mol. The van der Waals surface area contributed by atoms with Gasteiger partial charge < -0.3 is 19.7 Å². The van der Waals surface area contributed by atoms with Crippen LogP contribution in [0.2, 0.25) is 10.0 Å². The number of imide groups is 1. The second kappa shape index (κ2) is 16.6. The number of nitrogens with zero attached hydrogens (tertiary/aromatic N) is 3. The van der Waals surface area contributed by atoms with Crippen molar-refractivity contribution in [1.29, 1.82) is 0 Å². The second-order valence-corrected chi connectivity index (χ2v) is 15.3. The Kier molecular flexibility index (Phi) is 12.4. The number of alkyl halides is 2. The second-order valence-electron chi connectivity index (χ2n) is 12.6. The summed E-state index contributed by atoms with van der Waals surface area (Å²) in [7, 11) is -3.87. The average Bonchev–Trinajstić information content (AvgIpc) is 3.91. The van der Waals surface area contributed by atoms with E-state index in [0.29, 0.717) is 21.7 Å². The lowest BCUT2D eigenvalue weighted by Crippen LogP contribution is -2.36. The fourth-order valence-corrected chi connectivity index (χ4v) is 7.12. The molecule has 0 unspecified atom stereocenters. The summed E-state index contributed by atoms with van der Waals surface area (Å²) >= 11 is 12.8. The van der Waals surface area contributed by atoms with Gasteiger partial charge in [0.2, 0.25) is 10.0 Å². The van der Waals surface area contributed by atoms with E-state index >= 15 is 0 Å². The van der Waals surface area contributed by atoms with Crippen LogP contribution >= 0.6 is 23.2 Å². The molecule has 6 rings (SSSR count). The molecule has 0 spiro atoms. The van der Waals surface area contributed by atoms with Gasteiger partial charge in [-0.3, -0.25) is 28.6 Å². The Morgan fingerprint density at radius 1 is 1.04 bits per heavy atom. The average molecular weight is 808 g/mol. The van der Waals surface area contributed by atoms with Crippen LogP contribution in [0.15, 0.2) is 67.1 Å². The van der Waals surface area contributed by atoms with Gasteiger partial charge in [-0.05, 0) is 73.2 Å². The van der Waals surface area contributed by atoms with Crippen molar-refractivity contribution in [2.24, 2.45) is 5.92 Å². The summed E-state index contributed by atoms with van der Waals surface area (Å²) in [4.78, 5) is 48.3. The monoisotopic (exact) mass is 806 g/mol. The number of carbonyl (C=O) groups is 3. The lowest BCUT2D eigenvalue weighted by Gasteiger charge is -2.23. The van der Waals surface area contributed by atoms with Crippen LogP contribution in [0.25, 0.3) is 0 Å². The SMILES string of the molecule is Cc1cccnc1CN(c1ccc2c(c1)C(=O)N(CC(=O)O[C@@H](Cc1c(Cl)c[nH+]cc1Cl)c1ccc(OC(F)F)c(OCC3CC3)c1)C2=O)S(C)(=O)=O.[OH-]. The summed E-state index contributed by atoms with van der Waals surface area (Å²) in [5, 5.41) is 0.442. The first-order chi connectivity index (χ1) is 25.2. The van der Waals surface area contributed by atoms with Gasteiger partial charge in [-0.25, -0.2) is 13.4 Å². The Morgan fingerprint density at radius 3 is 2.39 bits per heavy atom. The van der Waals surface area contributed by atoms with Crippen molar-refractivity contribution in [3.05, 3.63) is 111 Å². The van der Waals surface area contributed by atoms with Crippen LogP contribution in [0.5, 0.6) is 11.5 Å². The molecule has 13 nitrogen and oxygen atoms in total. The number of pyridine rings is 2. The maximum Gasteiger partial charge on any atom is 0.387 e. The molecule has 1 aliphatic heterocycles. The van der Waals surface area contributed by atoms with E-state index in [1.807, 2.05) is 0 Å². The van der Waals surface area contributed by atoms with Crippen molar-refractivity contribution in [1.82, 2.24) is 9.88 Å². The number of aromatic nitrogens is 2. The van der Waals surface area contributed by atoms with Crippen LogP contribution in [0.1, 0.15) is 62.0 Å². The van der Waals surface area contributed by atoms with Gasteiger partial charge in [0.25, 0.3) is 11.8 Å². The number of carbonyl (C=O) groups excluding carboxylic acids is 3. The highest BCUT2D eigenvalue weighted by Gasteiger charge is 2.39. The molecule has 1 aliphatic carbocycles. The number of aryl methyl sites for hydroxylation is 1. The van der Waals surface area contributed by atoms with Crippen molar-refractivity contribution in [3.8, 4) is 11.5 Å². The molecule has 0 bridgehead atoms. The first-order valence-electron chi connectivity index (χ1n) is 16.3. The molecule has 2 aliphatic rings. The largest absolute Gasteiger partial charge is 0.870 e. The molecule has 18 heteroatoms. The third kappa shape index (κ3) is 9.24. The zero-order valence-corrected chi connectivity index (χ0v) is 31.1. The Balaban J connectivity index is 0.00000561. The molecule has 2 aromatic heterocycles. The van der Waals surface area contributed by atoms with Crippen molar-refractivity contribution in [2.75, 3.05) is 23.7 Å². The zero-order valence-electron chi connectivity index (χ0n) is 28.8. The molecule has 2 amide bonds. The molecule has 54 heavy (non-hydrogen) atoms. The summed E-state index contributed by atoms with van der Waals surface area (Å²) in [6.45, 7) is -1.99. The van der Waals surface area contributed by atoms with Crippen molar-refractivity contribution in [3.63, 3.8) is 0 Å². The Morgan fingerprint density at radius 2 is 1.74 bits per heavy atom. The number of fused-ring (bicyclic) bond motifs is 1. The number of aromatic amines is 1. The van der Waals surface area contributed by atoms with Crippen LogP contribution in [-0.2, 0) is 32.5 Å². The number of hydrogen-bond acceptors (Lipinski definition) is 10. The number of benzene rings is 2. The normalized spacial score (nSPS) is 14.4. The smallest absolute Gasteiger partial charge is 0.387 e. The van der Waals surface area contributed by atoms with E-state index in [2.05, 4.69) is 14.7 Å². The molecule has 1 saturated carbocycles. The molecule has 4 aromatic rings. The number of sulfonamides is 1. The van der Waals surface area contributed by atoms with Crippen molar-refractivity contribution in [2.45, 2.75) is 45.4 Å². The van der Waals surface area contributed by atoms with Gasteiger partial charge in [0, 0.05) is 18.2 Å².